The van der Waals surface area contributed by atoms with Crippen molar-refractivity contribution in [1.29, 1.82) is 0 Å². The number of carbonyl (C=O) groups is 2. The number of carbonyl (C=O) groups excluding carboxylic acids is 2. The molecule has 0 radical (unpaired) electrons. The summed E-state index contributed by atoms with van der Waals surface area (Å²) in [5.41, 5.74) is 2.92. The fraction of sp³-hybridized carbons (Fsp3) is 0.538. The molecule has 2 rings (SSSR count). The van der Waals surface area contributed by atoms with E-state index in [0.717, 1.165) is 23.0 Å². The molecular weight excluding hydrogens is 220 g/mol. The van der Waals surface area contributed by atoms with Gasteiger partial charge in [-0.2, -0.15) is 0 Å². The van der Waals surface area contributed by atoms with Crippen molar-refractivity contribution < 1.29 is 19.1 Å². The van der Waals surface area contributed by atoms with Crippen molar-refractivity contribution in [3.8, 4) is 0 Å². The number of aldehydes is 1. The maximum Gasteiger partial charge on any atom is 0.149 e. The van der Waals surface area contributed by atoms with Crippen LogP contribution in [0.4, 0.5) is 0 Å². The molecule has 0 aromatic rings. The number of rotatable bonds is 4. The van der Waals surface area contributed by atoms with Gasteiger partial charge >= 0.3 is 0 Å². The van der Waals surface area contributed by atoms with E-state index in [1.54, 1.807) is 6.26 Å². The lowest BCUT2D eigenvalue weighted by Gasteiger charge is -2.28. The van der Waals surface area contributed by atoms with Gasteiger partial charge in [-0.1, -0.05) is 5.57 Å². The zero-order valence-electron chi connectivity index (χ0n) is 10.1. The average Bonchev–Trinajstić information content (AvgIpc) is 2.76. The van der Waals surface area contributed by atoms with E-state index in [4.69, 9.17) is 9.47 Å². The summed E-state index contributed by atoms with van der Waals surface area (Å²) in [6.45, 7) is 4.63. The van der Waals surface area contributed by atoms with E-state index < -0.39 is 12.0 Å². The number of hydrogen-bond donors (Lipinski definition) is 0. The Labute approximate surface area is 100 Å². The van der Waals surface area contributed by atoms with E-state index in [1.165, 1.54) is 0 Å². The summed E-state index contributed by atoms with van der Waals surface area (Å²) in [6.07, 6.45) is 2.04. The van der Waals surface area contributed by atoms with Crippen molar-refractivity contribution in [2.24, 2.45) is 5.92 Å². The lowest BCUT2D eigenvalue weighted by molar-refractivity contribution is -0.132. The minimum Gasteiger partial charge on any atom is -0.496 e. The van der Waals surface area contributed by atoms with E-state index in [-0.39, 0.29) is 5.78 Å². The second kappa shape index (κ2) is 4.84. The highest BCUT2D eigenvalue weighted by Gasteiger charge is 2.37. The van der Waals surface area contributed by atoms with Gasteiger partial charge in [0.05, 0.1) is 12.2 Å². The molecule has 0 aromatic heterocycles. The van der Waals surface area contributed by atoms with Gasteiger partial charge in [0.2, 0.25) is 0 Å². The average molecular weight is 236 g/mol. The zero-order chi connectivity index (χ0) is 12.4. The Morgan fingerprint density at radius 1 is 1.65 bits per heavy atom. The first-order chi connectivity index (χ1) is 8.19. The SMILES string of the molecule is CCOC(C=O)C1C(=O)CC2=COCC2=C1C. The minimum atomic E-state index is -0.665. The first-order valence-corrected chi connectivity index (χ1v) is 5.79. The molecular formula is C13H16O4. The molecule has 0 aromatic carbocycles. The summed E-state index contributed by atoms with van der Waals surface area (Å²) in [7, 11) is 0. The summed E-state index contributed by atoms with van der Waals surface area (Å²) < 4.78 is 10.6. The highest BCUT2D eigenvalue weighted by atomic mass is 16.5. The fourth-order valence-electron chi connectivity index (χ4n) is 2.47. The van der Waals surface area contributed by atoms with Crippen LogP contribution in [-0.2, 0) is 19.1 Å². The van der Waals surface area contributed by atoms with E-state index >= 15 is 0 Å². The van der Waals surface area contributed by atoms with Gasteiger partial charge in [-0.25, -0.2) is 0 Å². The van der Waals surface area contributed by atoms with Gasteiger partial charge in [0.25, 0.3) is 0 Å². The van der Waals surface area contributed by atoms with Crippen LogP contribution >= 0.6 is 0 Å². The molecule has 0 bridgehead atoms. The van der Waals surface area contributed by atoms with Crippen LogP contribution in [0.3, 0.4) is 0 Å². The van der Waals surface area contributed by atoms with E-state index in [9.17, 15) is 9.59 Å². The van der Waals surface area contributed by atoms with Crippen molar-refractivity contribution in [2.75, 3.05) is 13.2 Å². The molecule has 0 saturated heterocycles. The summed E-state index contributed by atoms with van der Waals surface area (Å²) in [6, 6.07) is 0. The van der Waals surface area contributed by atoms with Crippen LogP contribution in [-0.4, -0.2) is 31.4 Å². The van der Waals surface area contributed by atoms with Crippen molar-refractivity contribution in [3.05, 3.63) is 23.0 Å². The molecule has 2 unspecified atom stereocenters. The van der Waals surface area contributed by atoms with Crippen LogP contribution in [0.25, 0.3) is 0 Å². The Balaban J connectivity index is 2.33. The van der Waals surface area contributed by atoms with Gasteiger partial charge in [-0.05, 0) is 19.4 Å². The Morgan fingerprint density at radius 3 is 3.06 bits per heavy atom. The Kier molecular flexibility index (Phi) is 3.43. The first kappa shape index (κ1) is 12.0. The van der Waals surface area contributed by atoms with Gasteiger partial charge in [-0.3, -0.25) is 4.79 Å². The number of fused-ring (bicyclic) bond motifs is 1. The molecule has 4 nitrogen and oxygen atoms in total. The Hall–Kier alpha value is -1.42. The quantitative estimate of drug-likeness (QED) is 0.692. The lowest BCUT2D eigenvalue weighted by atomic mass is 9.78. The minimum absolute atomic E-state index is 0.0357. The summed E-state index contributed by atoms with van der Waals surface area (Å²) in [5, 5.41) is 0. The van der Waals surface area contributed by atoms with E-state index in [0.29, 0.717) is 19.6 Å². The van der Waals surface area contributed by atoms with Gasteiger partial charge in [0, 0.05) is 18.6 Å². The molecule has 0 saturated carbocycles. The van der Waals surface area contributed by atoms with Crippen LogP contribution in [0.15, 0.2) is 23.0 Å². The molecule has 1 aliphatic carbocycles. The monoisotopic (exact) mass is 236 g/mol. The van der Waals surface area contributed by atoms with Crippen molar-refractivity contribution in [1.82, 2.24) is 0 Å². The predicted octanol–water partition coefficient (Wildman–Crippen LogP) is 1.41. The van der Waals surface area contributed by atoms with Crippen LogP contribution in [0.1, 0.15) is 20.3 Å². The molecule has 4 heteroatoms. The molecule has 1 aliphatic heterocycles. The summed E-state index contributed by atoms with van der Waals surface area (Å²) in [4.78, 5) is 23.1. The van der Waals surface area contributed by atoms with Crippen LogP contribution < -0.4 is 0 Å². The van der Waals surface area contributed by atoms with Crippen LogP contribution in [0.5, 0.6) is 0 Å². The fourth-order valence-corrected chi connectivity index (χ4v) is 2.47. The number of hydrogen-bond acceptors (Lipinski definition) is 4. The van der Waals surface area contributed by atoms with Crippen molar-refractivity contribution >= 4 is 12.1 Å². The molecule has 0 spiro atoms. The van der Waals surface area contributed by atoms with Crippen molar-refractivity contribution in [3.63, 3.8) is 0 Å². The number of Topliss-reactive ketones (excluding diaryl/α,β-unsaturated/α-hetero) is 1. The molecule has 1 heterocycles. The standard InChI is InChI=1S/C13H16O4/c1-3-17-12(5-14)13-8(2)10-7-16-6-9(10)4-11(13)15/h5-6,12-13H,3-4,7H2,1-2H3. The second-order valence-corrected chi connectivity index (χ2v) is 4.29. The predicted molar refractivity (Wildman–Crippen MR) is 61.3 cm³/mol. The largest absolute Gasteiger partial charge is 0.496 e. The molecule has 2 atom stereocenters. The van der Waals surface area contributed by atoms with Gasteiger partial charge < -0.3 is 14.3 Å². The summed E-state index contributed by atoms with van der Waals surface area (Å²) in [5.74, 6) is -0.408. The third-order valence-electron chi connectivity index (χ3n) is 3.32. The molecule has 0 N–H and O–H groups in total. The molecule has 2 aliphatic rings. The Bertz CT molecular complexity index is 406. The van der Waals surface area contributed by atoms with E-state index in [2.05, 4.69) is 0 Å². The van der Waals surface area contributed by atoms with Gasteiger partial charge in [0.15, 0.2) is 0 Å². The highest BCUT2D eigenvalue weighted by Crippen LogP contribution is 2.36. The first-order valence-electron chi connectivity index (χ1n) is 5.79. The van der Waals surface area contributed by atoms with E-state index in [1.807, 2.05) is 13.8 Å². The highest BCUT2D eigenvalue weighted by molar-refractivity contribution is 5.92. The molecule has 17 heavy (non-hydrogen) atoms. The number of ketones is 1. The molecule has 0 amide bonds. The second-order valence-electron chi connectivity index (χ2n) is 4.29. The third-order valence-corrected chi connectivity index (χ3v) is 3.32. The molecule has 0 fully saturated rings. The van der Waals surface area contributed by atoms with Crippen LogP contribution in [0, 0.1) is 5.92 Å². The van der Waals surface area contributed by atoms with Gasteiger partial charge in [0.1, 0.15) is 24.8 Å². The lowest BCUT2D eigenvalue weighted by Crippen LogP contribution is -2.36. The molecule has 92 valence electrons. The maximum atomic E-state index is 12.1. The van der Waals surface area contributed by atoms with Crippen molar-refractivity contribution in [2.45, 2.75) is 26.4 Å². The maximum absolute atomic E-state index is 12.1. The smallest absolute Gasteiger partial charge is 0.149 e. The number of ether oxygens (including phenoxy) is 2. The van der Waals surface area contributed by atoms with Gasteiger partial charge in [-0.15, -0.1) is 0 Å². The zero-order valence-corrected chi connectivity index (χ0v) is 10.1. The normalized spacial score (nSPS) is 25.2. The Morgan fingerprint density at radius 2 is 2.41 bits per heavy atom. The summed E-state index contributed by atoms with van der Waals surface area (Å²) >= 11 is 0. The third kappa shape index (κ3) is 2.05. The van der Waals surface area contributed by atoms with Crippen LogP contribution in [0.2, 0.25) is 0 Å². The topological polar surface area (TPSA) is 52.6 Å².